The number of ether oxygens (including phenoxy) is 1. The van der Waals surface area contributed by atoms with Gasteiger partial charge in [-0.15, -0.1) is 11.8 Å². The van der Waals surface area contributed by atoms with Gasteiger partial charge < -0.3 is 4.74 Å². The maximum Gasteiger partial charge on any atom is 0.168 e. The van der Waals surface area contributed by atoms with Crippen LogP contribution in [0.4, 0.5) is 5.82 Å². The molecule has 3 rings (SSSR count). The van der Waals surface area contributed by atoms with E-state index in [0.717, 1.165) is 16.6 Å². The van der Waals surface area contributed by atoms with Crippen LogP contribution in [-0.2, 0) is 4.74 Å². The van der Waals surface area contributed by atoms with Crippen LogP contribution in [0.15, 0.2) is 77.9 Å². The first-order chi connectivity index (χ1) is 14.8. The minimum absolute atomic E-state index is 0.571. The number of anilines is 1. The number of hydrogen-bond acceptors (Lipinski definition) is 7. The third-order valence-corrected chi connectivity index (χ3v) is 4.48. The quantitative estimate of drug-likeness (QED) is 0.177. The van der Waals surface area contributed by atoms with Crippen molar-refractivity contribution in [1.29, 1.82) is 0 Å². The van der Waals surface area contributed by atoms with Crippen LogP contribution in [0.1, 0.15) is 19.4 Å². The monoisotopic (exact) mass is 422 g/mol. The average Bonchev–Trinajstić information content (AvgIpc) is 3.23. The smallest absolute Gasteiger partial charge is 0.168 e. The zero-order valence-corrected chi connectivity index (χ0v) is 18.4. The fraction of sp³-hybridized carbons (Fsp3) is 0.182. The summed E-state index contributed by atoms with van der Waals surface area (Å²) < 4.78 is 6.69. The molecule has 0 fully saturated rings. The standard InChI is InChI=1S/C20H20N6OS.C2H6/c1-4-6-16(9-10-27-2)26-20-18(13-24-26)19(21-14-22-20)25-23-12-15-7-5-8-17(11-15)28-3;1-2/h4-14H,1H2,2-3H3,(H,21,22,25);1-2H3/b10-9+,16-6+,23-12+;. The van der Waals surface area contributed by atoms with Crippen molar-refractivity contribution >= 4 is 40.5 Å². The van der Waals surface area contributed by atoms with Crippen molar-refractivity contribution in [2.24, 2.45) is 5.10 Å². The van der Waals surface area contributed by atoms with Crippen molar-refractivity contribution in [2.75, 3.05) is 18.8 Å². The third kappa shape index (κ3) is 5.81. The Bertz CT molecular complexity index is 1050. The molecule has 1 aromatic carbocycles. The van der Waals surface area contributed by atoms with Crippen molar-refractivity contribution < 1.29 is 4.74 Å². The largest absolute Gasteiger partial charge is 0.504 e. The molecule has 0 amide bonds. The fourth-order valence-electron chi connectivity index (χ4n) is 2.47. The molecule has 2 aromatic heterocycles. The van der Waals surface area contributed by atoms with Gasteiger partial charge in [-0.25, -0.2) is 14.6 Å². The molecular weight excluding hydrogens is 396 g/mol. The summed E-state index contributed by atoms with van der Waals surface area (Å²) in [4.78, 5) is 9.80. The fourth-order valence-corrected chi connectivity index (χ4v) is 2.94. The Balaban J connectivity index is 0.00000155. The highest BCUT2D eigenvalue weighted by Crippen LogP contribution is 2.22. The Kier molecular flexibility index (Phi) is 9.33. The second kappa shape index (κ2) is 12.2. The van der Waals surface area contributed by atoms with Crippen LogP contribution in [-0.4, -0.2) is 39.3 Å². The summed E-state index contributed by atoms with van der Waals surface area (Å²) in [5.74, 6) is 0.571. The molecular formula is C22H26N6OS. The van der Waals surface area contributed by atoms with Crippen molar-refractivity contribution in [2.45, 2.75) is 18.7 Å². The Morgan fingerprint density at radius 3 is 2.87 bits per heavy atom. The molecule has 8 heteroatoms. The van der Waals surface area contributed by atoms with Gasteiger partial charge in [0, 0.05) is 4.90 Å². The van der Waals surface area contributed by atoms with E-state index in [2.05, 4.69) is 44.3 Å². The summed E-state index contributed by atoms with van der Waals surface area (Å²) in [7, 11) is 1.58. The highest BCUT2D eigenvalue weighted by Gasteiger charge is 2.11. The Morgan fingerprint density at radius 1 is 1.30 bits per heavy atom. The van der Waals surface area contributed by atoms with E-state index < -0.39 is 0 Å². The number of methoxy groups -OCH3 is 1. The van der Waals surface area contributed by atoms with Gasteiger partial charge in [0.05, 0.1) is 36.9 Å². The summed E-state index contributed by atoms with van der Waals surface area (Å²) in [5, 5.41) is 9.46. The Morgan fingerprint density at radius 2 is 2.13 bits per heavy atom. The van der Waals surface area contributed by atoms with E-state index in [1.165, 1.54) is 11.2 Å². The van der Waals surface area contributed by atoms with E-state index in [1.807, 2.05) is 38.3 Å². The first kappa shape index (κ1) is 22.9. The highest BCUT2D eigenvalue weighted by atomic mass is 32.2. The van der Waals surface area contributed by atoms with Gasteiger partial charge in [-0.3, -0.25) is 5.43 Å². The summed E-state index contributed by atoms with van der Waals surface area (Å²) >= 11 is 1.69. The van der Waals surface area contributed by atoms with Crippen LogP contribution in [0, 0.1) is 0 Å². The second-order valence-electron chi connectivity index (χ2n) is 5.53. The SMILES string of the molecule is C=C/C=C(\C=C\OC)n1ncc2c(N/N=C/c3cccc(SC)c3)ncnc21.CC. The van der Waals surface area contributed by atoms with Gasteiger partial charge in [-0.1, -0.05) is 38.6 Å². The molecule has 7 nitrogen and oxygen atoms in total. The number of hydrogen-bond donors (Lipinski definition) is 1. The van der Waals surface area contributed by atoms with Crippen molar-refractivity contribution in [1.82, 2.24) is 19.7 Å². The number of allylic oxidation sites excluding steroid dienone is 4. The van der Waals surface area contributed by atoms with E-state index in [-0.39, 0.29) is 0 Å². The van der Waals surface area contributed by atoms with Crippen LogP contribution < -0.4 is 5.43 Å². The molecule has 0 spiro atoms. The maximum absolute atomic E-state index is 5.00. The summed E-state index contributed by atoms with van der Waals surface area (Å²) in [6, 6.07) is 8.12. The number of nitrogens with zero attached hydrogens (tertiary/aromatic N) is 5. The Hall–Kier alpha value is -3.39. The van der Waals surface area contributed by atoms with Crippen molar-refractivity contribution in [3.63, 3.8) is 0 Å². The van der Waals surface area contributed by atoms with Crippen LogP contribution in [0.3, 0.4) is 0 Å². The number of aromatic nitrogens is 4. The summed E-state index contributed by atoms with van der Waals surface area (Å²) in [6.07, 6.45) is 13.8. The van der Waals surface area contributed by atoms with E-state index in [4.69, 9.17) is 4.74 Å². The molecule has 30 heavy (non-hydrogen) atoms. The first-order valence-electron chi connectivity index (χ1n) is 9.41. The number of benzene rings is 1. The number of hydrazone groups is 1. The van der Waals surface area contributed by atoms with Crippen molar-refractivity contribution in [3.05, 3.63) is 73.4 Å². The van der Waals surface area contributed by atoms with Gasteiger partial charge in [-0.05, 0) is 36.1 Å². The van der Waals surface area contributed by atoms with Gasteiger partial charge in [-0.2, -0.15) is 10.2 Å². The van der Waals surface area contributed by atoms with Crippen LogP contribution >= 0.6 is 11.8 Å². The van der Waals surface area contributed by atoms with Gasteiger partial charge in [0.1, 0.15) is 6.33 Å². The normalized spacial score (nSPS) is 11.5. The van der Waals surface area contributed by atoms with E-state index in [9.17, 15) is 0 Å². The van der Waals surface area contributed by atoms with Crippen LogP contribution in [0.2, 0.25) is 0 Å². The lowest BCUT2D eigenvalue weighted by molar-refractivity contribution is 0.338. The molecule has 0 aliphatic carbocycles. The molecule has 0 saturated heterocycles. The van der Waals surface area contributed by atoms with E-state index in [1.54, 1.807) is 54.4 Å². The van der Waals surface area contributed by atoms with Gasteiger partial charge in [0.15, 0.2) is 11.5 Å². The molecule has 0 unspecified atom stereocenters. The zero-order valence-electron chi connectivity index (χ0n) is 17.6. The maximum atomic E-state index is 5.00. The Labute approximate surface area is 181 Å². The first-order valence-corrected chi connectivity index (χ1v) is 10.6. The van der Waals surface area contributed by atoms with Gasteiger partial charge in [0.2, 0.25) is 0 Å². The molecule has 0 aliphatic heterocycles. The predicted octanol–water partition coefficient (Wildman–Crippen LogP) is 5.21. The molecule has 0 bridgehead atoms. The second-order valence-corrected chi connectivity index (χ2v) is 6.41. The molecule has 0 aliphatic rings. The van der Waals surface area contributed by atoms with E-state index in [0.29, 0.717) is 11.5 Å². The minimum Gasteiger partial charge on any atom is -0.504 e. The zero-order chi connectivity index (χ0) is 21.8. The van der Waals surface area contributed by atoms with Gasteiger partial charge >= 0.3 is 0 Å². The summed E-state index contributed by atoms with van der Waals surface area (Å²) in [6.45, 7) is 7.74. The molecule has 3 aromatic rings. The lowest BCUT2D eigenvalue weighted by Gasteiger charge is -2.04. The topological polar surface area (TPSA) is 77.2 Å². The number of rotatable bonds is 8. The average molecular weight is 423 g/mol. The molecule has 0 atom stereocenters. The molecule has 1 N–H and O–H groups in total. The van der Waals surface area contributed by atoms with Crippen LogP contribution in [0.5, 0.6) is 0 Å². The molecule has 156 valence electrons. The lowest BCUT2D eigenvalue weighted by atomic mass is 10.2. The number of thioether (sulfide) groups is 1. The molecule has 0 saturated carbocycles. The predicted molar refractivity (Wildman–Crippen MR) is 127 cm³/mol. The highest BCUT2D eigenvalue weighted by molar-refractivity contribution is 7.98. The van der Waals surface area contributed by atoms with Crippen LogP contribution in [0.25, 0.3) is 16.7 Å². The molecule has 0 radical (unpaired) electrons. The van der Waals surface area contributed by atoms with E-state index >= 15 is 0 Å². The third-order valence-electron chi connectivity index (χ3n) is 3.75. The number of fused-ring (bicyclic) bond motifs is 1. The van der Waals surface area contributed by atoms with Gasteiger partial charge in [0.25, 0.3) is 0 Å². The number of nitrogens with one attached hydrogen (secondary N) is 1. The molecule has 2 heterocycles. The van der Waals surface area contributed by atoms with Crippen molar-refractivity contribution in [3.8, 4) is 0 Å². The minimum atomic E-state index is 0.571. The lowest BCUT2D eigenvalue weighted by Crippen LogP contribution is -2.00. The summed E-state index contributed by atoms with van der Waals surface area (Å²) in [5.41, 5.74) is 5.38.